The highest BCUT2D eigenvalue weighted by Gasteiger charge is 2.34. The lowest BCUT2D eigenvalue weighted by Crippen LogP contribution is -2.63. The summed E-state index contributed by atoms with van der Waals surface area (Å²) in [5.74, 6) is -0.821. The molecule has 124 valence electrons. The molecule has 1 saturated heterocycles. The molecule has 0 aromatic carbocycles. The molecule has 9 nitrogen and oxygen atoms in total. The van der Waals surface area contributed by atoms with E-state index in [1.54, 1.807) is 13.8 Å². The van der Waals surface area contributed by atoms with E-state index in [2.05, 4.69) is 20.9 Å². The molecular formula is C13H23N5O4. The predicted molar refractivity (Wildman–Crippen MR) is 78.4 cm³/mol. The van der Waals surface area contributed by atoms with E-state index in [9.17, 15) is 9.59 Å². The summed E-state index contributed by atoms with van der Waals surface area (Å²) < 4.78 is 5.55. The average Bonchev–Trinajstić information content (AvgIpc) is 2.91. The van der Waals surface area contributed by atoms with Gasteiger partial charge in [0.05, 0.1) is 12.7 Å². The number of hydrogen-bond donors (Lipinski definition) is 5. The van der Waals surface area contributed by atoms with Crippen LogP contribution in [0.1, 0.15) is 26.7 Å². The Bertz CT molecular complexity index is 467. The number of aliphatic imine (C=N–C) groups is 1. The molecular weight excluding hydrogens is 290 g/mol. The molecule has 2 aliphatic rings. The van der Waals surface area contributed by atoms with E-state index in [-0.39, 0.29) is 36.7 Å². The first-order valence-electron chi connectivity index (χ1n) is 7.38. The highest BCUT2D eigenvalue weighted by molar-refractivity contribution is 6.07. The van der Waals surface area contributed by atoms with Crippen LogP contribution in [-0.2, 0) is 14.3 Å². The first-order chi connectivity index (χ1) is 10.4. The number of hydrogen-bond acceptors (Lipinski definition) is 7. The Kier molecular flexibility index (Phi) is 5.46. The van der Waals surface area contributed by atoms with E-state index in [4.69, 9.17) is 15.6 Å². The monoisotopic (exact) mass is 313 g/mol. The van der Waals surface area contributed by atoms with Crippen LogP contribution in [0.2, 0.25) is 0 Å². The molecule has 0 bridgehead atoms. The molecule has 2 unspecified atom stereocenters. The number of rotatable bonds is 4. The Morgan fingerprint density at radius 1 is 1.55 bits per heavy atom. The molecule has 1 fully saturated rings. The van der Waals surface area contributed by atoms with Gasteiger partial charge in [0.15, 0.2) is 0 Å². The van der Waals surface area contributed by atoms with Crippen molar-refractivity contribution in [3.05, 3.63) is 0 Å². The number of amides is 2. The van der Waals surface area contributed by atoms with E-state index in [1.807, 2.05) is 0 Å². The molecule has 2 aliphatic heterocycles. The Morgan fingerprint density at radius 2 is 2.27 bits per heavy atom. The number of ether oxygens (including phenoxy) is 1. The third kappa shape index (κ3) is 4.01. The molecule has 0 spiro atoms. The number of aliphatic hydroxyl groups excluding tert-OH is 1. The van der Waals surface area contributed by atoms with Crippen LogP contribution in [0.3, 0.4) is 0 Å². The van der Waals surface area contributed by atoms with E-state index < -0.39 is 18.1 Å². The number of guanidine groups is 1. The molecule has 2 heterocycles. The summed E-state index contributed by atoms with van der Waals surface area (Å²) in [5, 5.41) is 17.1. The van der Waals surface area contributed by atoms with Crippen molar-refractivity contribution in [1.82, 2.24) is 16.0 Å². The van der Waals surface area contributed by atoms with Crippen molar-refractivity contribution in [2.75, 3.05) is 6.61 Å². The molecule has 2 rings (SSSR count). The van der Waals surface area contributed by atoms with Crippen molar-refractivity contribution in [2.45, 2.75) is 51.2 Å². The Labute approximate surface area is 128 Å². The number of nitrogens with one attached hydrogen (secondary N) is 3. The molecule has 4 atom stereocenters. The lowest BCUT2D eigenvalue weighted by molar-refractivity contribution is -0.123. The van der Waals surface area contributed by atoms with Crippen LogP contribution in [0.25, 0.3) is 0 Å². The highest BCUT2D eigenvalue weighted by atomic mass is 16.5. The number of carbonyl (C=O) groups excluding carboxylic acids is 2. The minimum absolute atomic E-state index is 0.0473. The van der Waals surface area contributed by atoms with Gasteiger partial charge in [-0.05, 0) is 12.8 Å². The maximum Gasteiger partial charge on any atom is 0.247 e. The molecule has 9 heteroatoms. The Balaban J connectivity index is 2.01. The van der Waals surface area contributed by atoms with Crippen LogP contribution >= 0.6 is 0 Å². The molecule has 0 aliphatic carbocycles. The van der Waals surface area contributed by atoms with Crippen LogP contribution in [-0.4, -0.2) is 54.0 Å². The van der Waals surface area contributed by atoms with Gasteiger partial charge in [0.1, 0.15) is 18.4 Å². The van der Waals surface area contributed by atoms with Gasteiger partial charge in [-0.1, -0.05) is 13.8 Å². The molecule has 0 saturated carbocycles. The summed E-state index contributed by atoms with van der Waals surface area (Å²) in [6.45, 7) is 3.43. The molecule has 6 N–H and O–H groups in total. The second-order valence-electron chi connectivity index (χ2n) is 5.75. The molecule has 0 radical (unpaired) electrons. The van der Waals surface area contributed by atoms with Crippen LogP contribution in [0, 0.1) is 5.92 Å². The van der Waals surface area contributed by atoms with Crippen LogP contribution in [0.15, 0.2) is 4.99 Å². The van der Waals surface area contributed by atoms with E-state index >= 15 is 0 Å². The second kappa shape index (κ2) is 7.14. The minimum atomic E-state index is -0.878. The van der Waals surface area contributed by atoms with E-state index in [1.165, 1.54) is 0 Å². The topological polar surface area (TPSA) is 138 Å². The zero-order valence-electron chi connectivity index (χ0n) is 12.7. The van der Waals surface area contributed by atoms with Crippen molar-refractivity contribution in [2.24, 2.45) is 16.6 Å². The lowest BCUT2D eigenvalue weighted by atomic mass is 10.2. The fraction of sp³-hybridized carbons (Fsp3) is 0.769. The van der Waals surface area contributed by atoms with Crippen LogP contribution in [0.4, 0.5) is 0 Å². The Hall–Kier alpha value is -1.55. The fourth-order valence-corrected chi connectivity index (χ4v) is 2.21. The number of nitrogens with zero attached hydrogens (tertiary/aromatic N) is 1. The fourth-order valence-electron chi connectivity index (χ4n) is 2.21. The smallest absolute Gasteiger partial charge is 0.247 e. The molecule has 2 amide bonds. The summed E-state index contributed by atoms with van der Waals surface area (Å²) in [6.07, 6.45) is 0.182. The number of nitrogens with two attached hydrogens (primary N) is 1. The largest absolute Gasteiger partial charge is 0.394 e. The SMILES string of the molecule is CC(C)C(=O)NC1=NC(N[C@H]2CC[C@@H](CO)O2)C(N)C(=O)N1. The normalized spacial score (nSPS) is 31.9. The van der Waals surface area contributed by atoms with Crippen LogP contribution in [0.5, 0.6) is 0 Å². The van der Waals surface area contributed by atoms with Gasteiger partial charge in [-0.2, -0.15) is 0 Å². The van der Waals surface area contributed by atoms with Crippen LogP contribution < -0.4 is 21.7 Å². The predicted octanol–water partition coefficient (Wildman–Crippen LogP) is -2.02. The molecule has 0 aromatic rings. The number of carbonyl (C=O) groups is 2. The summed E-state index contributed by atoms with van der Waals surface area (Å²) in [5.41, 5.74) is 5.82. The lowest BCUT2D eigenvalue weighted by Gasteiger charge is -2.29. The highest BCUT2D eigenvalue weighted by Crippen LogP contribution is 2.18. The second-order valence-corrected chi connectivity index (χ2v) is 5.75. The zero-order valence-corrected chi connectivity index (χ0v) is 12.7. The minimum Gasteiger partial charge on any atom is -0.394 e. The summed E-state index contributed by atoms with van der Waals surface area (Å²) in [7, 11) is 0. The van der Waals surface area contributed by atoms with Crippen molar-refractivity contribution in [1.29, 1.82) is 0 Å². The first kappa shape index (κ1) is 16.8. The summed E-state index contributed by atoms with van der Waals surface area (Å²) in [6, 6.07) is -0.878. The van der Waals surface area contributed by atoms with Gasteiger partial charge in [0, 0.05) is 5.92 Å². The van der Waals surface area contributed by atoms with E-state index in [0.29, 0.717) is 6.42 Å². The molecule has 0 aromatic heterocycles. The van der Waals surface area contributed by atoms with Gasteiger partial charge in [-0.25, -0.2) is 4.99 Å². The standard InChI is InChI=1S/C13H23N5O4/c1-6(2)11(20)17-13-16-10(9(14)12(21)18-13)15-8-4-3-7(5-19)22-8/h6-10,15,19H,3-5,14H2,1-2H3,(H2,16,17,18,20,21)/t7-,8+,9?,10?/m0/s1. The third-order valence-electron chi connectivity index (χ3n) is 3.59. The van der Waals surface area contributed by atoms with Gasteiger partial charge < -0.3 is 15.6 Å². The van der Waals surface area contributed by atoms with Crippen molar-refractivity contribution < 1.29 is 19.4 Å². The van der Waals surface area contributed by atoms with Gasteiger partial charge >= 0.3 is 0 Å². The number of aliphatic hydroxyl groups is 1. The van der Waals surface area contributed by atoms with Gasteiger partial charge in [-0.15, -0.1) is 0 Å². The maximum atomic E-state index is 11.9. The van der Waals surface area contributed by atoms with Gasteiger partial charge in [-0.3, -0.25) is 25.5 Å². The average molecular weight is 313 g/mol. The molecule has 22 heavy (non-hydrogen) atoms. The van der Waals surface area contributed by atoms with Crippen molar-refractivity contribution >= 4 is 17.8 Å². The zero-order chi connectivity index (χ0) is 16.3. The summed E-state index contributed by atoms with van der Waals surface area (Å²) in [4.78, 5) is 27.8. The Morgan fingerprint density at radius 3 is 2.86 bits per heavy atom. The van der Waals surface area contributed by atoms with Crippen molar-refractivity contribution in [3.63, 3.8) is 0 Å². The quantitative estimate of drug-likeness (QED) is 0.406. The van der Waals surface area contributed by atoms with Crippen molar-refractivity contribution in [3.8, 4) is 0 Å². The summed E-state index contributed by atoms with van der Waals surface area (Å²) >= 11 is 0. The van der Waals surface area contributed by atoms with E-state index in [0.717, 1.165) is 6.42 Å². The van der Waals surface area contributed by atoms with Gasteiger partial charge in [0.25, 0.3) is 0 Å². The maximum absolute atomic E-state index is 11.9. The third-order valence-corrected chi connectivity index (χ3v) is 3.59. The first-order valence-corrected chi connectivity index (χ1v) is 7.38. The van der Waals surface area contributed by atoms with Gasteiger partial charge in [0.2, 0.25) is 17.8 Å².